The lowest BCUT2D eigenvalue weighted by molar-refractivity contribution is -0.139. The molecule has 0 aliphatic carbocycles. The molecule has 4 rings (SSSR count). The standard InChI is InChI=1S/C22H19ClN2O4S/c1-4-28-21(27)18-13(3)24-22-25(19(18)15-7-5-6-8-16(15)23)20(26)17(30-22)11-14-10-9-12(2)29-14/h5-11,19H,4H2,1-3H3/b17-11+/t19-/m1/s1. The van der Waals surface area contributed by atoms with Crippen LogP contribution < -0.4 is 14.9 Å². The molecule has 0 radical (unpaired) electrons. The smallest absolute Gasteiger partial charge is 0.338 e. The van der Waals surface area contributed by atoms with Crippen LogP contribution in [0.15, 0.2) is 61.9 Å². The molecule has 3 heterocycles. The van der Waals surface area contributed by atoms with Crippen molar-refractivity contribution in [3.63, 3.8) is 0 Å². The van der Waals surface area contributed by atoms with Crippen molar-refractivity contribution in [1.29, 1.82) is 0 Å². The topological polar surface area (TPSA) is 73.8 Å². The summed E-state index contributed by atoms with van der Waals surface area (Å²) >= 11 is 7.71. The van der Waals surface area contributed by atoms with Crippen molar-refractivity contribution in [2.75, 3.05) is 6.61 Å². The number of fused-ring (bicyclic) bond motifs is 1. The zero-order chi connectivity index (χ0) is 21.4. The van der Waals surface area contributed by atoms with E-state index in [0.717, 1.165) is 5.76 Å². The molecule has 1 aromatic carbocycles. The van der Waals surface area contributed by atoms with Crippen molar-refractivity contribution in [2.24, 2.45) is 4.99 Å². The molecular formula is C22H19ClN2O4S. The van der Waals surface area contributed by atoms with Crippen molar-refractivity contribution < 1.29 is 13.9 Å². The summed E-state index contributed by atoms with van der Waals surface area (Å²) < 4.78 is 12.8. The number of carbonyl (C=O) groups is 1. The molecule has 0 saturated carbocycles. The summed E-state index contributed by atoms with van der Waals surface area (Å²) in [6.45, 7) is 5.53. The Balaban J connectivity index is 1.99. The van der Waals surface area contributed by atoms with E-state index in [1.807, 2.05) is 19.1 Å². The lowest BCUT2D eigenvalue weighted by Gasteiger charge is -2.25. The summed E-state index contributed by atoms with van der Waals surface area (Å²) in [6, 6.07) is 10.1. The molecule has 0 unspecified atom stereocenters. The second-order valence-corrected chi connectivity index (χ2v) is 8.19. The lowest BCUT2D eigenvalue weighted by Crippen LogP contribution is -2.40. The minimum atomic E-state index is -0.727. The first-order valence-electron chi connectivity index (χ1n) is 9.41. The molecule has 0 saturated heterocycles. The highest BCUT2D eigenvalue weighted by atomic mass is 35.5. The minimum Gasteiger partial charge on any atom is -0.463 e. The third-order valence-corrected chi connectivity index (χ3v) is 6.08. The first-order valence-corrected chi connectivity index (χ1v) is 10.6. The number of hydrogen-bond acceptors (Lipinski definition) is 6. The van der Waals surface area contributed by atoms with Gasteiger partial charge in [0.15, 0.2) is 4.80 Å². The number of allylic oxidation sites excluding steroid dienone is 1. The number of rotatable bonds is 4. The molecule has 3 aromatic rings. The van der Waals surface area contributed by atoms with Crippen LogP contribution in [0.5, 0.6) is 0 Å². The molecule has 0 spiro atoms. The monoisotopic (exact) mass is 442 g/mol. The molecule has 1 aliphatic rings. The van der Waals surface area contributed by atoms with Gasteiger partial charge in [0.2, 0.25) is 0 Å². The second-order valence-electron chi connectivity index (χ2n) is 6.77. The Morgan fingerprint density at radius 2 is 2.07 bits per heavy atom. The van der Waals surface area contributed by atoms with Crippen LogP contribution in [-0.4, -0.2) is 17.1 Å². The highest BCUT2D eigenvalue weighted by molar-refractivity contribution is 7.07. The van der Waals surface area contributed by atoms with E-state index in [4.69, 9.17) is 20.8 Å². The number of carbonyl (C=O) groups excluding carboxylic acids is 1. The lowest BCUT2D eigenvalue weighted by atomic mass is 9.96. The molecule has 8 heteroatoms. The van der Waals surface area contributed by atoms with E-state index in [0.29, 0.717) is 37.0 Å². The van der Waals surface area contributed by atoms with Gasteiger partial charge in [0, 0.05) is 11.1 Å². The third kappa shape index (κ3) is 3.55. The van der Waals surface area contributed by atoms with Gasteiger partial charge in [-0.3, -0.25) is 9.36 Å². The second kappa shape index (κ2) is 8.08. The highest BCUT2D eigenvalue weighted by Gasteiger charge is 2.34. The number of furan rings is 1. The molecule has 154 valence electrons. The first kappa shape index (κ1) is 20.4. The van der Waals surface area contributed by atoms with Crippen molar-refractivity contribution in [1.82, 2.24) is 4.57 Å². The van der Waals surface area contributed by atoms with Crippen LogP contribution in [0.3, 0.4) is 0 Å². The number of benzene rings is 1. The fourth-order valence-corrected chi connectivity index (χ4v) is 4.71. The number of aryl methyl sites for hydroxylation is 1. The number of nitrogens with zero attached hydrogens (tertiary/aromatic N) is 2. The third-order valence-electron chi connectivity index (χ3n) is 4.75. The Labute approximate surface area is 181 Å². The van der Waals surface area contributed by atoms with Crippen molar-refractivity contribution in [2.45, 2.75) is 26.8 Å². The van der Waals surface area contributed by atoms with Gasteiger partial charge < -0.3 is 9.15 Å². The summed E-state index contributed by atoms with van der Waals surface area (Å²) in [5, 5.41) is 0.454. The molecule has 6 nitrogen and oxygen atoms in total. The van der Waals surface area contributed by atoms with Gasteiger partial charge in [0.05, 0.1) is 22.4 Å². The summed E-state index contributed by atoms with van der Waals surface area (Å²) in [5.74, 6) is 0.816. The van der Waals surface area contributed by atoms with Gasteiger partial charge in [-0.25, -0.2) is 9.79 Å². The number of ether oxygens (including phenoxy) is 1. The molecule has 2 aromatic heterocycles. The van der Waals surface area contributed by atoms with E-state index in [-0.39, 0.29) is 12.2 Å². The minimum absolute atomic E-state index is 0.215. The fraction of sp³-hybridized carbons (Fsp3) is 0.227. The van der Waals surface area contributed by atoms with Gasteiger partial charge in [-0.2, -0.15) is 0 Å². The van der Waals surface area contributed by atoms with Crippen LogP contribution in [0.4, 0.5) is 0 Å². The van der Waals surface area contributed by atoms with Gasteiger partial charge in [0.1, 0.15) is 17.6 Å². The number of aromatic nitrogens is 1. The van der Waals surface area contributed by atoms with Crippen molar-refractivity contribution in [3.8, 4) is 0 Å². The van der Waals surface area contributed by atoms with Gasteiger partial charge in [-0.1, -0.05) is 41.1 Å². The van der Waals surface area contributed by atoms with E-state index < -0.39 is 12.0 Å². The largest absolute Gasteiger partial charge is 0.463 e. The SMILES string of the molecule is CCOC(=O)C1=C(C)N=c2s/c(=C/c3ccc(C)o3)c(=O)n2[C@@H]1c1ccccc1Cl. The van der Waals surface area contributed by atoms with E-state index in [9.17, 15) is 9.59 Å². The van der Waals surface area contributed by atoms with E-state index >= 15 is 0 Å². The van der Waals surface area contributed by atoms with Crippen LogP contribution in [0.1, 0.15) is 37.0 Å². The molecule has 1 atom stereocenters. The van der Waals surface area contributed by atoms with Crippen molar-refractivity contribution >= 4 is 35.0 Å². The quantitative estimate of drug-likeness (QED) is 0.581. The van der Waals surface area contributed by atoms with Gasteiger partial charge in [-0.05, 0) is 44.5 Å². The fourth-order valence-electron chi connectivity index (χ4n) is 3.44. The summed E-state index contributed by atoms with van der Waals surface area (Å²) in [6.07, 6.45) is 1.68. The van der Waals surface area contributed by atoms with Crippen molar-refractivity contribution in [3.05, 3.63) is 89.5 Å². The molecule has 1 aliphatic heterocycles. The van der Waals surface area contributed by atoms with Crippen LogP contribution in [0.2, 0.25) is 5.02 Å². The molecule has 0 bridgehead atoms. The molecule has 0 fully saturated rings. The summed E-state index contributed by atoms with van der Waals surface area (Å²) in [7, 11) is 0. The number of hydrogen-bond donors (Lipinski definition) is 0. The number of esters is 1. The van der Waals surface area contributed by atoms with Crippen LogP contribution in [0.25, 0.3) is 6.08 Å². The van der Waals surface area contributed by atoms with Gasteiger partial charge >= 0.3 is 5.97 Å². The predicted molar refractivity (Wildman–Crippen MR) is 115 cm³/mol. The molecule has 30 heavy (non-hydrogen) atoms. The first-order chi connectivity index (χ1) is 14.4. The molecule has 0 N–H and O–H groups in total. The van der Waals surface area contributed by atoms with Crippen LogP contribution in [0, 0.1) is 6.92 Å². The Hall–Kier alpha value is -2.90. The maximum atomic E-state index is 13.4. The number of thiazole rings is 1. The molecule has 0 amide bonds. The number of halogens is 1. The van der Waals surface area contributed by atoms with Crippen LogP contribution in [-0.2, 0) is 9.53 Å². The van der Waals surface area contributed by atoms with Gasteiger partial charge in [-0.15, -0.1) is 0 Å². The Morgan fingerprint density at radius 3 is 2.73 bits per heavy atom. The predicted octanol–water partition coefficient (Wildman–Crippen LogP) is 3.35. The Kier molecular flexibility index (Phi) is 5.49. The van der Waals surface area contributed by atoms with E-state index in [1.54, 1.807) is 44.2 Å². The molecular weight excluding hydrogens is 424 g/mol. The maximum absolute atomic E-state index is 13.4. The van der Waals surface area contributed by atoms with E-state index in [2.05, 4.69) is 4.99 Å². The Morgan fingerprint density at radius 1 is 1.30 bits per heavy atom. The average Bonchev–Trinajstić information content (AvgIpc) is 3.24. The Bertz CT molecular complexity index is 1350. The average molecular weight is 443 g/mol. The highest BCUT2D eigenvalue weighted by Crippen LogP contribution is 2.34. The zero-order valence-electron chi connectivity index (χ0n) is 16.6. The zero-order valence-corrected chi connectivity index (χ0v) is 18.2. The van der Waals surface area contributed by atoms with Crippen LogP contribution >= 0.6 is 22.9 Å². The van der Waals surface area contributed by atoms with E-state index in [1.165, 1.54) is 15.9 Å². The normalized spacial score (nSPS) is 16.4. The van der Waals surface area contributed by atoms with Gasteiger partial charge in [0.25, 0.3) is 5.56 Å². The summed E-state index contributed by atoms with van der Waals surface area (Å²) in [5.41, 5.74) is 1.17. The maximum Gasteiger partial charge on any atom is 0.338 e. The summed E-state index contributed by atoms with van der Waals surface area (Å²) in [4.78, 5) is 31.2.